The third kappa shape index (κ3) is 2.66. The highest BCUT2D eigenvalue weighted by atomic mass is 127. The summed E-state index contributed by atoms with van der Waals surface area (Å²) in [7, 11) is 0. The first-order chi connectivity index (χ1) is 8.52. The van der Waals surface area contributed by atoms with E-state index in [9.17, 15) is 4.79 Å². The zero-order valence-corrected chi connectivity index (χ0v) is 13.8. The number of aromatic nitrogens is 2. The molecule has 0 spiro atoms. The molecule has 1 aromatic carbocycles. The van der Waals surface area contributed by atoms with E-state index in [2.05, 4.69) is 25.9 Å². The van der Waals surface area contributed by atoms with Crippen LogP contribution < -0.4 is 5.56 Å². The smallest absolute Gasteiger partial charge is 0.264 e. The molecule has 0 bridgehead atoms. The Hall–Kier alpha value is -0.690. The van der Waals surface area contributed by atoms with Crippen LogP contribution in [0.3, 0.4) is 0 Å². The van der Waals surface area contributed by atoms with Gasteiger partial charge in [0.25, 0.3) is 5.56 Å². The Kier molecular flexibility index (Phi) is 4.21. The quantitative estimate of drug-likeness (QED) is 0.756. The average molecular weight is 419 g/mol. The Morgan fingerprint density at radius 2 is 2.17 bits per heavy atom. The van der Waals surface area contributed by atoms with Crippen molar-refractivity contribution in [2.24, 2.45) is 0 Å². The molecule has 0 saturated carbocycles. The molecule has 5 heteroatoms. The van der Waals surface area contributed by atoms with Crippen molar-refractivity contribution in [2.75, 3.05) is 0 Å². The number of nitrogens with one attached hydrogen (secondary N) is 1. The summed E-state index contributed by atoms with van der Waals surface area (Å²) < 4.78 is 1.70. The van der Waals surface area contributed by atoms with Crippen LogP contribution >= 0.6 is 38.5 Å². The maximum Gasteiger partial charge on any atom is 0.264 e. The number of halogens is 2. The lowest BCUT2D eigenvalue weighted by Gasteiger charge is -2.08. The highest BCUT2D eigenvalue weighted by molar-refractivity contribution is 14.1. The molecule has 94 valence electrons. The molecule has 0 aliphatic rings. The molecule has 0 unspecified atom stereocenters. The van der Waals surface area contributed by atoms with Crippen molar-refractivity contribution >= 4 is 38.5 Å². The van der Waals surface area contributed by atoms with Gasteiger partial charge in [-0.05, 0) is 59.7 Å². The first kappa shape index (κ1) is 13.7. The van der Waals surface area contributed by atoms with Crippen molar-refractivity contribution in [1.82, 2.24) is 9.97 Å². The van der Waals surface area contributed by atoms with Crippen molar-refractivity contribution in [2.45, 2.75) is 20.3 Å². The van der Waals surface area contributed by atoms with E-state index in [0.29, 0.717) is 9.39 Å². The lowest BCUT2D eigenvalue weighted by molar-refractivity contribution is 0.967. The minimum absolute atomic E-state index is 0.0697. The molecule has 2 aromatic rings. The summed E-state index contributed by atoms with van der Waals surface area (Å²) in [5, 5.41) is 0. The first-order valence-corrected chi connectivity index (χ1v) is 7.45. The predicted octanol–water partition coefficient (Wildman–Crippen LogP) is 3.67. The number of rotatable bonds is 2. The number of nitrogens with zero attached hydrogens (tertiary/aromatic N) is 1. The molecule has 0 aliphatic heterocycles. The number of aryl methyl sites for hydroxylation is 2. The third-order valence-corrected chi connectivity index (χ3v) is 4.32. The van der Waals surface area contributed by atoms with Crippen LogP contribution in [0, 0.1) is 10.5 Å². The Labute approximate surface area is 127 Å². The summed E-state index contributed by atoms with van der Waals surface area (Å²) in [6, 6.07) is 5.93. The molecular formula is C13H12BrIN2O. The van der Waals surface area contributed by atoms with Crippen LogP contribution in [0.2, 0.25) is 0 Å². The number of hydrogen-bond donors (Lipinski definition) is 1. The normalized spacial score (nSPS) is 10.7. The van der Waals surface area contributed by atoms with Gasteiger partial charge in [0.15, 0.2) is 0 Å². The Morgan fingerprint density at radius 3 is 2.78 bits per heavy atom. The summed E-state index contributed by atoms with van der Waals surface area (Å²) in [5.41, 5.74) is 2.81. The summed E-state index contributed by atoms with van der Waals surface area (Å²) in [6.45, 7) is 4.01. The van der Waals surface area contributed by atoms with Crippen molar-refractivity contribution in [3.8, 4) is 11.4 Å². The minimum atomic E-state index is -0.0697. The van der Waals surface area contributed by atoms with E-state index in [1.807, 2.05) is 54.6 Å². The van der Waals surface area contributed by atoms with Gasteiger partial charge in [0.2, 0.25) is 0 Å². The summed E-state index contributed by atoms with van der Waals surface area (Å²) in [4.78, 5) is 19.2. The van der Waals surface area contributed by atoms with Gasteiger partial charge >= 0.3 is 0 Å². The molecule has 2 rings (SSSR count). The molecule has 0 fully saturated rings. The summed E-state index contributed by atoms with van der Waals surface area (Å²) in [5.74, 6) is 0.641. The fourth-order valence-corrected chi connectivity index (χ4v) is 2.87. The van der Waals surface area contributed by atoms with Gasteiger partial charge in [0.1, 0.15) is 5.82 Å². The highest BCUT2D eigenvalue weighted by Crippen LogP contribution is 2.23. The van der Waals surface area contributed by atoms with Gasteiger partial charge in [-0.15, -0.1) is 0 Å². The van der Waals surface area contributed by atoms with E-state index in [-0.39, 0.29) is 5.56 Å². The summed E-state index contributed by atoms with van der Waals surface area (Å²) >= 11 is 5.47. The second kappa shape index (κ2) is 5.52. The predicted molar refractivity (Wildman–Crippen MR) is 84.8 cm³/mol. The second-order valence-electron chi connectivity index (χ2n) is 3.99. The van der Waals surface area contributed by atoms with Crippen molar-refractivity contribution < 1.29 is 0 Å². The molecule has 0 saturated heterocycles. The molecule has 1 heterocycles. The monoisotopic (exact) mass is 418 g/mol. The molecule has 0 aliphatic carbocycles. The highest BCUT2D eigenvalue weighted by Gasteiger charge is 2.10. The maximum absolute atomic E-state index is 11.9. The zero-order chi connectivity index (χ0) is 13.3. The Morgan fingerprint density at radius 1 is 1.44 bits per heavy atom. The third-order valence-electron chi connectivity index (χ3n) is 2.71. The molecule has 18 heavy (non-hydrogen) atoms. The molecular weight excluding hydrogens is 407 g/mol. The van der Waals surface area contributed by atoms with Gasteiger partial charge in [-0.2, -0.15) is 0 Å². The Balaban J connectivity index is 2.64. The molecule has 0 radical (unpaired) electrons. The van der Waals surface area contributed by atoms with E-state index in [1.54, 1.807) is 0 Å². The number of aromatic amines is 1. The standard InChI is InChI=1S/C13H12BrIN2O/c1-3-10-11(15)13(18)17-12(16-10)9-5-4-8(14)6-7(9)2/h4-6H,3H2,1-2H3,(H,16,17,18). The number of H-pyrrole nitrogens is 1. The molecule has 3 nitrogen and oxygen atoms in total. The van der Waals surface area contributed by atoms with E-state index in [1.165, 1.54) is 0 Å². The SMILES string of the molecule is CCc1nc(-c2ccc(Br)cc2C)[nH]c(=O)c1I. The summed E-state index contributed by atoms with van der Waals surface area (Å²) in [6.07, 6.45) is 0.755. The second-order valence-corrected chi connectivity index (χ2v) is 5.98. The Bertz CT molecular complexity index is 652. The van der Waals surface area contributed by atoms with Gasteiger partial charge in [0.05, 0.1) is 9.26 Å². The minimum Gasteiger partial charge on any atom is -0.306 e. The van der Waals surface area contributed by atoms with Crippen LogP contribution in [0.4, 0.5) is 0 Å². The van der Waals surface area contributed by atoms with Gasteiger partial charge < -0.3 is 4.98 Å². The molecule has 0 atom stereocenters. The van der Waals surface area contributed by atoms with Crippen molar-refractivity contribution in [1.29, 1.82) is 0 Å². The fourth-order valence-electron chi connectivity index (χ4n) is 1.76. The van der Waals surface area contributed by atoms with Crippen LogP contribution in [0.15, 0.2) is 27.5 Å². The lowest BCUT2D eigenvalue weighted by Crippen LogP contribution is -2.16. The van der Waals surface area contributed by atoms with Gasteiger partial charge in [-0.25, -0.2) is 4.98 Å². The largest absolute Gasteiger partial charge is 0.306 e. The van der Waals surface area contributed by atoms with E-state index in [0.717, 1.165) is 27.7 Å². The van der Waals surface area contributed by atoms with E-state index in [4.69, 9.17) is 0 Å². The fraction of sp³-hybridized carbons (Fsp3) is 0.231. The van der Waals surface area contributed by atoms with Crippen LogP contribution in [-0.2, 0) is 6.42 Å². The van der Waals surface area contributed by atoms with Gasteiger partial charge in [0, 0.05) is 10.0 Å². The van der Waals surface area contributed by atoms with E-state index >= 15 is 0 Å². The number of hydrogen-bond acceptors (Lipinski definition) is 2. The van der Waals surface area contributed by atoms with Crippen LogP contribution in [-0.4, -0.2) is 9.97 Å². The molecule has 0 amide bonds. The molecule has 1 N–H and O–H groups in total. The van der Waals surface area contributed by atoms with Crippen molar-refractivity contribution in [3.05, 3.63) is 47.9 Å². The molecule has 1 aromatic heterocycles. The van der Waals surface area contributed by atoms with Gasteiger partial charge in [-0.3, -0.25) is 4.79 Å². The van der Waals surface area contributed by atoms with Gasteiger partial charge in [-0.1, -0.05) is 22.9 Å². The van der Waals surface area contributed by atoms with Crippen molar-refractivity contribution in [3.63, 3.8) is 0 Å². The average Bonchev–Trinajstić information content (AvgIpc) is 2.32. The number of benzene rings is 1. The zero-order valence-electron chi connectivity index (χ0n) is 10.1. The lowest BCUT2D eigenvalue weighted by atomic mass is 10.1. The topological polar surface area (TPSA) is 45.8 Å². The van der Waals surface area contributed by atoms with E-state index < -0.39 is 0 Å². The van der Waals surface area contributed by atoms with Crippen LogP contribution in [0.5, 0.6) is 0 Å². The maximum atomic E-state index is 11.9. The van der Waals surface area contributed by atoms with Crippen LogP contribution in [0.1, 0.15) is 18.2 Å². The van der Waals surface area contributed by atoms with Crippen LogP contribution in [0.25, 0.3) is 11.4 Å². The first-order valence-electron chi connectivity index (χ1n) is 5.58.